The molecule has 0 spiro atoms. The number of hydrogen-bond donors (Lipinski definition) is 1. The average molecular weight is 556 g/mol. The van der Waals surface area contributed by atoms with Crippen LogP contribution < -0.4 is 5.32 Å². The highest BCUT2D eigenvalue weighted by atomic mass is 35.5. The first-order valence-corrected chi connectivity index (χ1v) is 13.1. The van der Waals surface area contributed by atoms with E-state index in [9.17, 15) is 18.0 Å². The van der Waals surface area contributed by atoms with Gasteiger partial charge in [-0.15, -0.1) is 11.3 Å². The maximum atomic E-state index is 13.5. The summed E-state index contributed by atoms with van der Waals surface area (Å²) in [5.74, 6) is -0.525. The van der Waals surface area contributed by atoms with Gasteiger partial charge in [0.2, 0.25) is 5.91 Å². The first kappa shape index (κ1) is 25.3. The van der Waals surface area contributed by atoms with E-state index in [1.54, 1.807) is 24.3 Å². The van der Waals surface area contributed by atoms with Crippen LogP contribution in [0.2, 0.25) is 5.02 Å². The van der Waals surface area contributed by atoms with Gasteiger partial charge in [-0.2, -0.15) is 13.2 Å². The van der Waals surface area contributed by atoms with Crippen LogP contribution in [0.5, 0.6) is 0 Å². The van der Waals surface area contributed by atoms with Gasteiger partial charge in [-0.1, -0.05) is 84.0 Å². The van der Waals surface area contributed by atoms with E-state index in [0.29, 0.717) is 10.6 Å². The molecule has 37 heavy (non-hydrogen) atoms. The third-order valence-corrected chi connectivity index (χ3v) is 8.16. The summed E-state index contributed by atoms with van der Waals surface area (Å²) < 4.78 is 39.7. The monoisotopic (exact) mass is 555 g/mol. The van der Waals surface area contributed by atoms with E-state index >= 15 is 0 Å². The zero-order valence-electron chi connectivity index (χ0n) is 18.9. The lowest BCUT2D eigenvalue weighted by atomic mass is 10.1. The summed E-state index contributed by atoms with van der Waals surface area (Å²) in [6, 6.07) is 23.6. The lowest BCUT2D eigenvalue weighted by Gasteiger charge is -2.18. The molecule has 0 bridgehead atoms. The predicted octanol–water partition coefficient (Wildman–Crippen LogP) is 8.50. The lowest BCUT2D eigenvalue weighted by molar-refractivity contribution is -0.137. The molecule has 1 unspecified atom stereocenters. The number of thioether (sulfide) groups is 1. The Balaban J connectivity index is 1.50. The van der Waals surface area contributed by atoms with Gasteiger partial charge in [-0.25, -0.2) is 9.97 Å². The van der Waals surface area contributed by atoms with Crippen molar-refractivity contribution in [2.75, 3.05) is 5.32 Å². The number of thiophene rings is 1. The van der Waals surface area contributed by atoms with Gasteiger partial charge in [0.1, 0.15) is 21.4 Å². The second kappa shape index (κ2) is 10.5. The van der Waals surface area contributed by atoms with Gasteiger partial charge < -0.3 is 5.32 Å². The fourth-order valence-electron chi connectivity index (χ4n) is 3.68. The van der Waals surface area contributed by atoms with Crippen molar-refractivity contribution in [1.29, 1.82) is 0 Å². The van der Waals surface area contributed by atoms with E-state index in [0.717, 1.165) is 38.9 Å². The van der Waals surface area contributed by atoms with E-state index in [-0.39, 0.29) is 10.7 Å². The standard InChI is InChI=1S/C27H17ClF3N3OS2/c28-20-12-11-18(27(29,30)31)13-21(20)34-24(35)23(17-9-5-2-6-10-17)37-26-19-14-22(16-7-3-1-4-8-16)36-25(19)32-15-33-26/h1-15,23H,(H,34,35). The highest BCUT2D eigenvalue weighted by molar-refractivity contribution is 8.00. The van der Waals surface area contributed by atoms with Crippen molar-refractivity contribution in [1.82, 2.24) is 9.97 Å². The lowest BCUT2D eigenvalue weighted by Crippen LogP contribution is -2.20. The van der Waals surface area contributed by atoms with Crippen molar-refractivity contribution < 1.29 is 18.0 Å². The first-order valence-electron chi connectivity index (χ1n) is 11.0. The number of carbonyl (C=O) groups excluding carboxylic acids is 1. The molecular weight excluding hydrogens is 539 g/mol. The number of aromatic nitrogens is 2. The van der Waals surface area contributed by atoms with Gasteiger partial charge in [0.15, 0.2) is 0 Å². The topological polar surface area (TPSA) is 54.9 Å². The molecule has 4 nitrogen and oxygen atoms in total. The third kappa shape index (κ3) is 5.64. The van der Waals surface area contributed by atoms with Crippen LogP contribution in [0.3, 0.4) is 0 Å². The fourth-order valence-corrected chi connectivity index (χ4v) is 5.99. The summed E-state index contributed by atoms with van der Waals surface area (Å²) in [4.78, 5) is 24.1. The van der Waals surface area contributed by atoms with Crippen LogP contribution in [0.15, 0.2) is 96.3 Å². The second-order valence-electron chi connectivity index (χ2n) is 7.96. The number of nitrogens with zero attached hydrogens (tertiary/aromatic N) is 2. The molecular formula is C27H17ClF3N3OS2. The predicted molar refractivity (Wildman–Crippen MR) is 143 cm³/mol. The van der Waals surface area contributed by atoms with E-state index in [2.05, 4.69) is 15.3 Å². The highest BCUT2D eigenvalue weighted by Gasteiger charge is 2.32. The summed E-state index contributed by atoms with van der Waals surface area (Å²) in [6.07, 6.45) is -3.13. The molecule has 0 aliphatic rings. The van der Waals surface area contributed by atoms with E-state index in [4.69, 9.17) is 11.6 Å². The first-order chi connectivity index (χ1) is 17.8. The smallest absolute Gasteiger partial charge is 0.323 e. The molecule has 0 radical (unpaired) electrons. The molecule has 0 aliphatic heterocycles. The molecule has 2 heterocycles. The Hall–Kier alpha value is -3.40. The van der Waals surface area contributed by atoms with Crippen LogP contribution in [-0.4, -0.2) is 15.9 Å². The number of benzene rings is 3. The molecule has 186 valence electrons. The molecule has 5 aromatic rings. The number of nitrogens with one attached hydrogen (secondary N) is 1. The number of fused-ring (bicyclic) bond motifs is 1. The van der Waals surface area contributed by atoms with Gasteiger partial charge in [0.05, 0.1) is 16.3 Å². The van der Waals surface area contributed by atoms with Gasteiger partial charge in [-0.05, 0) is 35.4 Å². The molecule has 0 saturated carbocycles. The Morgan fingerprint density at radius 2 is 1.65 bits per heavy atom. The Labute approximate surface area is 223 Å². The Kier molecular flexibility index (Phi) is 7.19. The molecule has 1 N–H and O–H groups in total. The van der Waals surface area contributed by atoms with Crippen LogP contribution in [0, 0.1) is 0 Å². The molecule has 0 saturated heterocycles. The maximum Gasteiger partial charge on any atom is 0.416 e. The van der Waals surface area contributed by atoms with E-state index in [1.165, 1.54) is 29.4 Å². The molecule has 0 aliphatic carbocycles. The molecule has 2 aromatic heterocycles. The van der Waals surface area contributed by atoms with E-state index < -0.39 is 22.9 Å². The summed E-state index contributed by atoms with van der Waals surface area (Å²) in [5, 5.41) is 3.16. The third-order valence-electron chi connectivity index (χ3n) is 5.47. The molecule has 10 heteroatoms. The van der Waals surface area contributed by atoms with Crippen molar-refractivity contribution in [3.8, 4) is 10.4 Å². The second-order valence-corrected chi connectivity index (χ2v) is 10.5. The average Bonchev–Trinajstić information content (AvgIpc) is 3.34. The minimum Gasteiger partial charge on any atom is -0.323 e. The van der Waals surface area contributed by atoms with Crippen LogP contribution >= 0.6 is 34.7 Å². The van der Waals surface area contributed by atoms with Crippen molar-refractivity contribution in [3.05, 3.63) is 107 Å². The van der Waals surface area contributed by atoms with Gasteiger partial charge in [-0.3, -0.25) is 4.79 Å². The molecule has 1 amide bonds. The number of anilines is 1. The number of amides is 1. The number of alkyl halides is 3. The fraction of sp³-hybridized carbons (Fsp3) is 0.0741. The minimum atomic E-state index is -4.57. The Bertz CT molecular complexity index is 1560. The van der Waals surface area contributed by atoms with Gasteiger partial charge >= 0.3 is 6.18 Å². The summed E-state index contributed by atoms with van der Waals surface area (Å²) in [6.45, 7) is 0. The van der Waals surface area contributed by atoms with Crippen molar-refractivity contribution >= 4 is 56.5 Å². The summed E-state index contributed by atoms with van der Waals surface area (Å²) in [5.41, 5.74) is 0.689. The van der Waals surface area contributed by atoms with Crippen molar-refractivity contribution in [2.45, 2.75) is 16.5 Å². The number of hydrogen-bond acceptors (Lipinski definition) is 5. The minimum absolute atomic E-state index is 0.00734. The molecule has 5 rings (SSSR count). The zero-order valence-corrected chi connectivity index (χ0v) is 21.3. The van der Waals surface area contributed by atoms with Crippen molar-refractivity contribution in [3.63, 3.8) is 0 Å². The van der Waals surface area contributed by atoms with Crippen LogP contribution in [-0.2, 0) is 11.0 Å². The van der Waals surface area contributed by atoms with E-state index in [1.807, 2.05) is 42.5 Å². The summed E-state index contributed by atoms with van der Waals surface area (Å²) in [7, 11) is 0. The quantitative estimate of drug-likeness (QED) is 0.168. The number of rotatable bonds is 6. The van der Waals surface area contributed by atoms with Gasteiger partial charge in [0.25, 0.3) is 0 Å². The van der Waals surface area contributed by atoms with Crippen LogP contribution in [0.1, 0.15) is 16.4 Å². The normalized spacial score (nSPS) is 12.4. The van der Waals surface area contributed by atoms with Crippen LogP contribution in [0.4, 0.5) is 18.9 Å². The van der Waals surface area contributed by atoms with Gasteiger partial charge in [0, 0.05) is 10.3 Å². The Morgan fingerprint density at radius 3 is 2.35 bits per heavy atom. The number of carbonyl (C=O) groups is 1. The molecule has 1 atom stereocenters. The summed E-state index contributed by atoms with van der Waals surface area (Å²) >= 11 is 8.85. The number of halogens is 4. The maximum absolute atomic E-state index is 13.5. The Morgan fingerprint density at radius 1 is 0.946 bits per heavy atom. The zero-order chi connectivity index (χ0) is 26.0. The molecule has 3 aromatic carbocycles. The molecule has 0 fully saturated rings. The largest absolute Gasteiger partial charge is 0.416 e. The highest BCUT2D eigenvalue weighted by Crippen LogP contribution is 2.42. The SMILES string of the molecule is O=C(Nc1cc(C(F)(F)F)ccc1Cl)C(Sc1ncnc2sc(-c3ccccc3)cc12)c1ccccc1. The van der Waals surface area contributed by atoms with Crippen LogP contribution in [0.25, 0.3) is 20.7 Å². The van der Waals surface area contributed by atoms with Crippen molar-refractivity contribution in [2.24, 2.45) is 0 Å².